The minimum absolute atomic E-state index is 0.861. The molecule has 0 aromatic heterocycles. The molecule has 0 bridgehead atoms. The minimum Gasteiger partial charge on any atom is -0.0651 e. The van der Waals surface area contributed by atoms with Gasteiger partial charge in [0.2, 0.25) is 0 Å². The Balaban J connectivity index is 4.22. The van der Waals surface area contributed by atoms with Gasteiger partial charge in [-0.2, -0.15) is 0 Å². The van der Waals surface area contributed by atoms with Gasteiger partial charge in [0.15, 0.2) is 0 Å². The quantitative estimate of drug-likeness (QED) is 0.564. The second-order valence-corrected chi connectivity index (χ2v) is 5.35. The van der Waals surface area contributed by atoms with Crippen molar-refractivity contribution >= 4 is 0 Å². The van der Waals surface area contributed by atoms with Crippen LogP contribution in [-0.4, -0.2) is 0 Å². The molecule has 0 aliphatic heterocycles. The Bertz CT molecular complexity index is 123. The van der Waals surface area contributed by atoms with E-state index in [9.17, 15) is 0 Å². The second-order valence-electron chi connectivity index (χ2n) is 5.35. The normalized spacial score (nSPS) is 22.5. The summed E-state index contributed by atoms with van der Waals surface area (Å²) < 4.78 is 0. The van der Waals surface area contributed by atoms with E-state index in [1.54, 1.807) is 0 Å². The first kappa shape index (κ1) is 14.0. The van der Waals surface area contributed by atoms with E-state index < -0.39 is 0 Å². The van der Waals surface area contributed by atoms with Crippen molar-refractivity contribution in [3.63, 3.8) is 0 Å². The smallest absolute Gasteiger partial charge is 0.0386 e. The van der Waals surface area contributed by atoms with Gasteiger partial charge < -0.3 is 0 Å². The van der Waals surface area contributed by atoms with Crippen LogP contribution in [0.2, 0.25) is 0 Å². The van der Waals surface area contributed by atoms with Crippen LogP contribution in [0.25, 0.3) is 0 Å². The largest absolute Gasteiger partial charge is 0.0651 e. The fraction of sp³-hybridized carbons (Fsp3) is 1.00. The van der Waals surface area contributed by atoms with E-state index in [0.29, 0.717) is 0 Å². The molecule has 0 aliphatic carbocycles. The highest BCUT2D eigenvalue weighted by molar-refractivity contribution is 4.74. The number of rotatable bonds is 6. The van der Waals surface area contributed by atoms with E-state index >= 15 is 0 Å². The van der Waals surface area contributed by atoms with Gasteiger partial charge in [-0.1, -0.05) is 61.3 Å². The highest BCUT2D eigenvalue weighted by Gasteiger charge is 2.25. The summed E-state index contributed by atoms with van der Waals surface area (Å²) in [6.07, 6.45) is 2.64. The molecule has 0 rings (SSSR count). The molecule has 0 saturated carbocycles. The van der Waals surface area contributed by atoms with Gasteiger partial charge in [0.25, 0.3) is 0 Å². The lowest BCUT2D eigenvalue weighted by atomic mass is 9.73. The van der Waals surface area contributed by atoms with Gasteiger partial charge in [-0.25, -0.2) is 0 Å². The van der Waals surface area contributed by atoms with E-state index in [-0.39, 0.29) is 0 Å². The molecule has 0 N–H and O–H groups in total. The molecule has 0 saturated heterocycles. The molecule has 0 radical (unpaired) electrons. The molecule has 0 aromatic rings. The summed E-state index contributed by atoms with van der Waals surface area (Å²) in [4.78, 5) is 0. The molecule has 86 valence electrons. The molecule has 4 unspecified atom stereocenters. The second kappa shape index (κ2) is 6.48. The standard InChI is InChI=1S/C14H30/c1-8-10(3)12(5)14(7)13(6)11(4)9-2/h10-14H,8-9H2,1-7H3. The van der Waals surface area contributed by atoms with Gasteiger partial charge in [0.1, 0.15) is 0 Å². The highest BCUT2D eigenvalue weighted by atomic mass is 14.3. The van der Waals surface area contributed by atoms with Gasteiger partial charge in [-0.3, -0.25) is 0 Å². The fourth-order valence-electron chi connectivity index (χ4n) is 2.26. The molecule has 4 atom stereocenters. The lowest BCUT2D eigenvalue weighted by Gasteiger charge is -2.33. The number of hydrogen-bond acceptors (Lipinski definition) is 0. The van der Waals surface area contributed by atoms with Crippen molar-refractivity contribution in [3.05, 3.63) is 0 Å². The molecular formula is C14H30. The summed E-state index contributed by atoms with van der Waals surface area (Å²) in [6, 6.07) is 0. The molecule has 0 aliphatic rings. The summed E-state index contributed by atoms with van der Waals surface area (Å²) in [5.74, 6) is 4.33. The zero-order valence-corrected chi connectivity index (χ0v) is 11.3. The predicted molar refractivity (Wildman–Crippen MR) is 66.4 cm³/mol. The molecule has 0 nitrogen and oxygen atoms in total. The van der Waals surface area contributed by atoms with Gasteiger partial charge in [0.05, 0.1) is 0 Å². The Labute approximate surface area is 91.5 Å². The maximum atomic E-state index is 2.44. The Morgan fingerprint density at radius 3 is 1.07 bits per heavy atom. The van der Waals surface area contributed by atoms with Crippen molar-refractivity contribution in [3.8, 4) is 0 Å². The van der Waals surface area contributed by atoms with Crippen LogP contribution < -0.4 is 0 Å². The van der Waals surface area contributed by atoms with Crippen molar-refractivity contribution in [2.45, 2.75) is 61.3 Å². The van der Waals surface area contributed by atoms with Crippen molar-refractivity contribution in [1.82, 2.24) is 0 Å². The van der Waals surface area contributed by atoms with Crippen LogP contribution in [0.15, 0.2) is 0 Å². The summed E-state index contributed by atoms with van der Waals surface area (Å²) in [5.41, 5.74) is 0. The van der Waals surface area contributed by atoms with Crippen molar-refractivity contribution in [1.29, 1.82) is 0 Å². The van der Waals surface area contributed by atoms with Crippen LogP contribution in [0.4, 0.5) is 0 Å². The molecule has 0 spiro atoms. The van der Waals surface area contributed by atoms with Gasteiger partial charge >= 0.3 is 0 Å². The topological polar surface area (TPSA) is 0 Å². The molecular weight excluding hydrogens is 168 g/mol. The molecule has 0 aromatic carbocycles. The number of hydrogen-bond donors (Lipinski definition) is 0. The summed E-state index contributed by atoms with van der Waals surface area (Å²) in [5, 5.41) is 0. The molecule has 0 heteroatoms. The van der Waals surface area contributed by atoms with Crippen LogP contribution in [-0.2, 0) is 0 Å². The van der Waals surface area contributed by atoms with Crippen LogP contribution in [0.3, 0.4) is 0 Å². The van der Waals surface area contributed by atoms with E-state index in [2.05, 4.69) is 48.5 Å². The Morgan fingerprint density at radius 2 is 0.857 bits per heavy atom. The van der Waals surface area contributed by atoms with Crippen molar-refractivity contribution in [2.75, 3.05) is 0 Å². The summed E-state index contributed by atoms with van der Waals surface area (Å²) in [7, 11) is 0. The summed E-state index contributed by atoms with van der Waals surface area (Å²) >= 11 is 0. The Morgan fingerprint density at radius 1 is 0.571 bits per heavy atom. The van der Waals surface area contributed by atoms with Gasteiger partial charge in [-0.05, 0) is 29.6 Å². The van der Waals surface area contributed by atoms with E-state index in [1.165, 1.54) is 12.8 Å². The van der Waals surface area contributed by atoms with Crippen molar-refractivity contribution < 1.29 is 0 Å². The van der Waals surface area contributed by atoms with E-state index in [4.69, 9.17) is 0 Å². The first-order chi connectivity index (χ1) is 6.45. The van der Waals surface area contributed by atoms with Gasteiger partial charge in [0, 0.05) is 0 Å². The maximum Gasteiger partial charge on any atom is -0.0386 e. The van der Waals surface area contributed by atoms with E-state index in [1.807, 2.05) is 0 Å². The zero-order valence-electron chi connectivity index (χ0n) is 11.3. The van der Waals surface area contributed by atoms with Gasteiger partial charge in [-0.15, -0.1) is 0 Å². The molecule has 14 heavy (non-hydrogen) atoms. The van der Waals surface area contributed by atoms with Crippen LogP contribution in [0, 0.1) is 29.6 Å². The zero-order chi connectivity index (χ0) is 11.3. The third-order valence-corrected chi connectivity index (χ3v) is 4.74. The average Bonchev–Trinajstić information content (AvgIpc) is 2.23. The highest BCUT2D eigenvalue weighted by Crippen LogP contribution is 2.33. The average molecular weight is 198 g/mol. The minimum atomic E-state index is 0.861. The third-order valence-electron chi connectivity index (χ3n) is 4.74. The lowest BCUT2D eigenvalue weighted by Crippen LogP contribution is -2.25. The van der Waals surface area contributed by atoms with Crippen LogP contribution in [0.1, 0.15) is 61.3 Å². The predicted octanol–water partition coefficient (Wildman–Crippen LogP) is 4.99. The maximum absolute atomic E-state index is 2.44. The van der Waals surface area contributed by atoms with Crippen LogP contribution >= 0.6 is 0 Å². The first-order valence-corrected chi connectivity index (χ1v) is 6.45. The monoisotopic (exact) mass is 198 g/mol. The van der Waals surface area contributed by atoms with Crippen LogP contribution in [0.5, 0.6) is 0 Å². The fourth-order valence-corrected chi connectivity index (χ4v) is 2.26. The molecule has 0 fully saturated rings. The third kappa shape index (κ3) is 3.63. The van der Waals surface area contributed by atoms with E-state index in [0.717, 1.165) is 29.6 Å². The SMILES string of the molecule is CCC(C)C(C)C(C)C(C)C(C)CC. The Hall–Kier alpha value is 0. The Kier molecular flexibility index (Phi) is 6.48. The molecule has 0 heterocycles. The molecule has 0 amide bonds. The van der Waals surface area contributed by atoms with Crippen molar-refractivity contribution in [2.24, 2.45) is 29.6 Å². The first-order valence-electron chi connectivity index (χ1n) is 6.45. The summed E-state index contributed by atoms with van der Waals surface area (Å²) in [6.45, 7) is 16.7. The lowest BCUT2D eigenvalue weighted by molar-refractivity contribution is 0.164.